The molecule has 17 heavy (non-hydrogen) atoms. The van der Waals surface area contributed by atoms with E-state index in [1.807, 2.05) is 6.07 Å². The van der Waals surface area contributed by atoms with Crippen molar-refractivity contribution in [3.8, 4) is 6.07 Å². The van der Waals surface area contributed by atoms with Crippen LogP contribution in [-0.4, -0.2) is 32.5 Å². The molecule has 6 heteroatoms. The van der Waals surface area contributed by atoms with E-state index in [9.17, 15) is 18.5 Å². The van der Waals surface area contributed by atoms with Crippen LogP contribution in [0.4, 0.5) is 0 Å². The maximum atomic E-state index is 11.8. The van der Waals surface area contributed by atoms with E-state index < -0.39 is 26.5 Å². The van der Waals surface area contributed by atoms with Gasteiger partial charge in [-0.25, -0.2) is 8.42 Å². The van der Waals surface area contributed by atoms with Crippen molar-refractivity contribution in [2.75, 3.05) is 12.9 Å². The number of ether oxygens (including phenoxy) is 1. The maximum absolute atomic E-state index is 11.8. The first-order chi connectivity index (χ1) is 7.78. The van der Waals surface area contributed by atoms with Gasteiger partial charge in [-0.1, -0.05) is 6.92 Å². The number of esters is 1. The summed E-state index contributed by atoms with van der Waals surface area (Å²) in [6.45, 7) is 3.58. The van der Waals surface area contributed by atoms with Gasteiger partial charge in [0.2, 0.25) is 0 Å². The molecular weight excluding hydrogens is 242 g/mol. The monoisotopic (exact) mass is 259 g/mol. The highest BCUT2D eigenvalue weighted by atomic mass is 32.2. The largest absolute Gasteiger partial charge is 0.465 e. The lowest BCUT2D eigenvalue weighted by Gasteiger charge is -2.22. The molecule has 0 aliphatic heterocycles. The first kappa shape index (κ1) is 14.0. The third-order valence-electron chi connectivity index (χ3n) is 3.45. The lowest BCUT2D eigenvalue weighted by molar-refractivity contribution is -0.153. The molecule has 96 valence electrons. The first-order valence-corrected chi connectivity index (χ1v) is 7.50. The number of sulfone groups is 1. The van der Waals surface area contributed by atoms with Crippen molar-refractivity contribution in [3.05, 3.63) is 0 Å². The van der Waals surface area contributed by atoms with E-state index >= 15 is 0 Å². The molecule has 0 heterocycles. The minimum atomic E-state index is -3.22. The van der Waals surface area contributed by atoms with Gasteiger partial charge in [-0.05, 0) is 25.7 Å². The summed E-state index contributed by atoms with van der Waals surface area (Å²) in [5, 5.41) is 8.60. The van der Waals surface area contributed by atoms with Crippen molar-refractivity contribution in [3.63, 3.8) is 0 Å². The van der Waals surface area contributed by atoms with Gasteiger partial charge >= 0.3 is 5.97 Å². The van der Waals surface area contributed by atoms with Crippen molar-refractivity contribution in [1.82, 2.24) is 0 Å². The zero-order valence-corrected chi connectivity index (χ0v) is 11.1. The van der Waals surface area contributed by atoms with Crippen LogP contribution in [0, 0.1) is 22.7 Å². The summed E-state index contributed by atoms with van der Waals surface area (Å²) < 4.78 is 27.9. The fourth-order valence-electron chi connectivity index (χ4n) is 2.31. The molecule has 0 amide bonds. The quantitative estimate of drug-likeness (QED) is 0.703. The second kappa shape index (κ2) is 4.65. The van der Waals surface area contributed by atoms with E-state index in [4.69, 9.17) is 4.74 Å². The molecule has 1 aliphatic carbocycles. The molecule has 0 aromatic rings. The lowest BCUT2D eigenvalue weighted by Crippen LogP contribution is -2.34. The summed E-state index contributed by atoms with van der Waals surface area (Å²) in [6, 6.07) is 1.97. The molecule has 0 unspecified atom stereocenters. The van der Waals surface area contributed by atoms with Gasteiger partial charge < -0.3 is 4.74 Å². The second-order valence-electron chi connectivity index (χ2n) is 4.60. The first-order valence-electron chi connectivity index (χ1n) is 5.55. The summed E-state index contributed by atoms with van der Waals surface area (Å²) in [5.41, 5.74) is -1.30. The van der Waals surface area contributed by atoms with E-state index in [2.05, 4.69) is 0 Å². The zero-order valence-electron chi connectivity index (χ0n) is 10.3. The summed E-state index contributed by atoms with van der Waals surface area (Å²) in [4.78, 5) is 11.8. The van der Waals surface area contributed by atoms with Crippen LogP contribution >= 0.6 is 0 Å². The molecule has 0 aromatic carbocycles. The van der Waals surface area contributed by atoms with Crippen LogP contribution in [0.2, 0.25) is 0 Å². The Hall–Kier alpha value is -1.09. The number of nitrogens with zero attached hydrogens (tertiary/aromatic N) is 1. The topological polar surface area (TPSA) is 84.2 Å². The Bertz CT molecular complexity index is 451. The number of hydrogen-bond acceptors (Lipinski definition) is 5. The fraction of sp³-hybridized carbons (Fsp3) is 0.818. The van der Waals surface area contributed by atoms with Gasteiger partial charge in [0.15, 0.2) is 5.41 Å². The van der Waals surface area contributed by atoms with Crippen LogP contribution < -0.4 is 0 Å². The van der Waals surface area contributed by atoms with Gasteiger partial charge in [0, 0.05) is 6.26 Å². The Morgan fingerprint density at radius 3 is 2.53 bits per heavy atom. The number of hydrogen-bond donors (Lipinski definition) is 0. The minimum Gasteiger partial charge on any atom is -0.465 e. The Morgan fingerprint density at radius 1 is 1.59 bits per heavy atom. The Labute approximate surface area is 102 Å². The van der Waals surface area contributed by atoms with Crippen molar-refractivity contribution in [2.45, 2.75) is 31.9 Å². The smallest absolute Gasteiger partial charge is 0.326 e. The van der Waals surface area contributed by atoms with Gasteiger partial charge in [0.1, 0.15) is 9.84 Å². The summed E-state index contributed by atoms with van der Waals surface area (Å²) in [5.74, 6) is -0.896. The van der Waals surface area contributed by atoms with Gasteiger partial charge in [-0.2, -0.15) is 5.26 Å². The third-order valence-corrected chi connectivity index (χ3v) is 5.02. The summed E-state index contributed by atoms with van der Waals surface area (Å²) >= 11 is 0. The zero-order chi connectivity index (χ0) is 13.3. The van der Waals surface area contributed by atoms with Crippen LogP contribution in [0.25, 0.3) is 0 Å². The third kappa shape index (κ3) is 2.44. The van der Waals surface area contributed by atoms with Crippen molar-refractivity contribution in [2.24, 2.45) is 11.3 Å². The molecule has 5 nitrogen and oxygen atoms in total. The summed E-state index contributed by atoms with van der Waals surface area (Å²) in [6.07, 6.45) is 1.52. The van der Waals surface area contributed by atoms with E-state index in [1.165, 1.54) is 0 Å². The predicted molar refractivity (Wildman–Crippen MR) is 61.7 cm³/mol. The minimum absolute atomic E-state index is 0.0440. The number of carbonyl (C=O) groups is 1. The molecule has 1 fully saturated rings. The van der Waals surface area contributed by atoms with Gasteiger partial charge in [0.05, 0.1) is 17.9 Å². The number of carbonyl (C=O) groups excluding carboxylic acids is 1. The average molecular weight is 259 g/mol. The molecule has 0 spiro atoms. The molecule has 1 saturated carbocycles. The highest BCUT2D eigenvalue weighted by molar-refractivity contribution is 7.91. The van der Waals surface area contributed by atoms with Crippen molar-refractivity contribution < 1.29 is 17.9 Å². The van der Waals surface area contributed by atoms with E-state index in [-0.39, 0.29) is 18.9 Å². The van der Waals surface area contributed by atoms with Crippen molar-refractivity contribution in [1.29, 1.82) is 5.26 Å². The standard InChI is InChI=1S/C11H17NO4S/c1-4-16-10(13)11(7-12)6-9(5-8(11)2)17(3,14)15/h8-9H,4-6H2,1-3H3/t8-,9-,11+/m1/s1. The van der Waals surface area contributed by atoms with Gasteiger partial charge in [-0.15, -0.1) is 0 Å². The molecule has 0 aromatic heterocycles. The predicted octanol–water partition coefficient (Wildman–Crippen LogP) is 0.903. The van der Waals surface area contributed by atoms with Gasteiger partial charge in [-0.3, -0.25) is 4.79 Å². The van der Waals surface area contributed by atoms with Crippen LogP contribution in [0.3, 0.4) is 0 Å². The Balaban J connectivity index is 3.04. The lowest BCUT2D eigenvalue weighted by atomic mass is 9.80. The molecule has 0 radical (unpaired) electrons. The normalized spacial score (nSPS) is 33.1. The molecule has 1 rings (SSSR count). The fourth-order valence-corrected chi connectivity index (χ4v) is 3.52. The van der Waals surface area contributed by atoms with E-state index in [0.29, 0.717) is 6.42 Å². The summed E-state index contributed by atoms with van der Waals surface area (Å²) in [7, 11) is -3.22. The van der Waals surface area contributed by atoms with E-state index in [0.717, 1.165) is 6.26 Å². The van der Waals surface area contributed by atoms with Crippen LogP contribution in [-0.2, 0) is 19.4 Å². The number of nitriles is 1. The molecule has 0 bridgehead atoms. The molecule has 0 N–H and O–H groups in total. The van der Waals surface area contributed by atoms with Crippen molar-refractivity contribution >= 4 is 15.8 Å². The average Bonchev–Trinajstić information content (AvgIpc) is 2.56. The highest BCUT2D eigenvalue weighted by Gasteiger charge is 2.54. The molecule has 1 aliphatic rings. The van der Waals surface area contributed by atoms with Crippen LogP contribution in [0.1, 0.15) is 26.7 Å². The highest BCUT2D eigenvalue weighted by Crippen LogP contribution is 2.46. The van der Waals surface area contributed by atoms with E-state index in [1.54, 1.807) is 13.8 Å². The number of rotatable bonds is 3. The molecule has 0 saturated heterocycles. The van der Waals surface area contributed by atoms with Gasteiger partial charge in [0.25, 0.3) is 0 Å². The SMILES string of the molecule is CCOC(=O)[C@]1(C#N)C[C@H](S(C)(=O)=O)C[C@H]1C. The molecular formula is C11H17NO4S. The maximum Gasteiger partial charge on any atom is 0.326 e. The molecule has 3 atom stereocenters. The Kier molecular flexibility index (Phi) is 3.82. The van der Waals surface area contributed by atoms with Crippen LogP contribution in [0.5, 0.6) is 0 Å². The van der Waals surface area contributed by atoms with Crippen LogP contribution in [0.15, 0.2) is 0 Å². The second-order valence-corrected chi connectivity index (χ2v) is 6.92. The Morgan fingerprint density at radius 2 is 2.18 bits per heavy atom.